The zero-order chi connectivity index (χ0) is 17.9. The highest BCUT2D eigenvalue weighted by Gasteiger charge is 2.22. The topological polar surface area (TPSA) is 115 Å². The van der Waals surface area contributed by atoms with E-state index in [9.17, 15) is 18.5 Å². The van der Waals surface area contributed by atoms with E-state index in [0.29, 0.717) is 18.7 Å². The lowest BCUT2D eigenvalue weighted by molar-refractivity contribution is -0.387. The van der Waals surface area contributed by atoms with Crippen molar-refractivity contribution in [1.29, 1.82) is 0 Å². The number of nitro benzene ring substituents is 1. The number of aryl methyl sites for hydroxylation is 2. The first kappa shape index (κ1) is 17.9. The number of nitrogens with zero attached hydrogens (tertiary/aromatic N) is 2. The van der Waals surface area contributed by atoms with Crippen molar-refractivity contribution < 1.29 is 17.9 Å². The van der Waals surface area contributed by atoms with Gasteiger partial charge in [-0.25, -0.2) is 8.42 Å². The van der Waals surface area contributed by atoms with Crippen molar-refractivity contribution in [3.05, 3.63) is 45.3 Å². The first-order chi connectivity index (χ1) is 11.3. The quantitative estimate of drug-likeness (QED) is 0.601. The Labute approximate surface area is 139 Å². The van der Waals surface area contributed by atoms with Gasteiger partial charge < -0.3 is 9.84 Å². The first-order valence-electron chi connectivity index (χ1n) is 7.46. The van der Waals surface area contributed by atoms with Crippen LogP contribution < -0.4 is 5.32 Å². The molecule has 0 aliphatic carbocycles. The van der Waals surface area contributed by atoms with Crippen molar-refractivity contribution in [3.8, 4) is 0 Å². The molecule has 0 bridgehead atoms. The molecule has 0 amide bonds. The maximum absolute atomic E-state index is 11.8. The minimum absolute atomic E-state index is 0.311. The van der Waals surface area contributed by atoms with Gasteiger partial charge in [-0.2, -0.15) is 0 Å². The number of sulfone groups is 1. The van der Waals surface area contributed by atoms with E-state index in [1.807, 2.05) is 13.8 Å². The second-order valence-electron chi connectivity index (χ2n) is 5.30. The van der Waals surface area contributed by atoms with E-state index < -0.39 is 20.4 Å². The summed E-state index contributed by atoms with van der Waals surface area (Å²) in [5.74, 6) is 0.768. The Hall–Kier alpha value is -2.42. The third-order valence-corrected chi connectivity index (χ3v) is 4.76. The van der Waals surface area contributed by atoms with Crippen LogP contribution in [0.1, 0.15) is 30.9 Å². The van der Waals surface area contributed by atoms with Crippen LogP contribution in [0.15, 0.2) is 27.6 Å². The largest absolute Gasteiger partial charge is 0.381 e. The average molecular weight is 353 g/mol. The number of benzene rings is 1. The van der Waals surface area contributed by atoms with Gasteiger partial charge in [0.2, 0.25) is 0 Å². The van der Waals surface area contributed by atoms with Crippen molar-refractivity contribution in [3.63, 3.8) is 0 Å². The predicted molar refractivity (Wildman–Crippen MR) is 88.8 cm³/mol. The molecule has 1 N–H and O–H groups in total. The summed E-state index contributed by atoms with van der Waals surface area (Å²) in [4.78, 5) is 9.98. The first-order valence-corrected chi connectivity index (χ1v) is 9.35. The molecule has 0 aliphatic rings. The second-order valence-corrected chi connectivity index (χ2v) is 7.29. The molecule has 24 heavy (non-hydrogen) atoms. The molecule has 0 spiro atoms. The number of nitro groups is 1. The molecule has 0 unspecified atom stereocenters. The molecule has 1 aromatic heterocycles. The fourth-order valence-corrected chi connectivity index (χ4v) is 3.26. The van der Waals surface area contributed by atoms with Crippen LogP contribution in [-0.2, 0) is 29.2 Å². The van der Waals surface area contributed by atoms with E-state index in [1.54, 1.807) is 0 Å². The highest BCUT2D eigenvalue weighted by Crippen LogP contribution is 2.27. The van der Waals surface area contributed by atoms with Crippen LogP contribution >= 0.6 is 0 Å². The Morgan fingerprint density at radius 3 is 2.54 bits per heavy atom. The Kier molecular flexibility index (Phi) is 5.23. The number of aromatic nitrogens is 1. The molecule has 2 rings (SSSR count). The van der Waals surface area contributed by atoms with Gasteiger partial charge >= 0.3 is 0 Å². The molecule has 9 heteroatoms. The molecule has 1 heterocycles. The molecule has 0 fully saturated rings. The van der Waals surface area contributed by atoms with E-state index in [-0.39, 0.29) is 4.90 Å². The summed E-state index contributed by atoms with van der Waals surface area (Å²) in [6.07, 6.45) is 2.36. The summed E-state index contributed by atoms with van der Waals surface area (Å²) in [7, 11) is -3.71. The molecule has 1 aromatic carbocycles. The van der Waals surface area contributed by atoms with Gasteiger partial charge in [0.25, 0.3) is 5.69 Å². The van der Waals surface area contributed by atoms with Crippen LogP contribution in [0.4, 0.5) is 11.4 Å². The summed E-state index contributed by atoms with van der Waals surface area (Å²) < 4.78 is 28.9. The number of hydrogen-bond donors (Lipinski definition) is 1. The Bertz CT molecular complexity index is 836. The summed E-state index contributed by atoms with van der Waals surface area (Å²) in [5, 5.41) is 18.1. The predicted octanol–water partition coefficient (Wildman–Crippen LogP) is 2.72. The lowest BCUT2D eigenvalue weighted by Gasteiger charge is -2.09. The van der Waals surface area contributed by atoms with Gasteiger partial charge in [-0.05, 0) is 18.6 Å². The van der Waals surface area contributed by atoms with Crippen LogP contribution in [0.25, 0.3) is 0 Å². The smallest absolute Gasteiger partial charge is 0.288 e. The lowest BCUT2D eigenvalue weighted by Crippen LogP contribution is -2.07. The van der Waals surface area contributed by atoms with Crippen LogP contribution in [0.2, 0.25) is 0 Å². The minimum atomic E-state index is -3.71. The van der Waals surface area contributed by atoms with Gasteiger partial charge in [0.1, 0.15) is 10.7 Å². The Morgan fingerprint density at radius 1 is 1.29 bits per heavy atom. The summed E-state index contributed by atoms with van der Waals surface area (Å²) in [6, 6.07) is 3.95. The second kappa shape index (κ2) is 7.00. The molecular formula is C15H19N3O5S. The maximum atomic E-state index is 11.8. The number of hydrogen-bond acceptors (Lipinski definition) is 7. The molecule has 0 saturated carbocycles. The molecule has 0 atom stereocenters. The molecular weight excluding hydrogens is 334 g/mol. The van der Waals surface area contributed by atoms with E-state index in [4.69, 9.17) is 4.52 Å². The Morgan fingerprint density at radius 2 is 2.00 bits per heavy atom. The maximum Gasteiger partial charge on any atom is 0.288 e. The van der Waals surface area contributed by atoms with Crippen LogP contribution in [0.5, 0.6) is 0 Å². The summed E-state index contributed by atoms with van der Waals surface area (Å²) >= 11 is 0. The van der Waals surface area contributed by atoms with Crippen LogP contribution in [-0.4, -0.2) is 24.8 Å². The zero-order valence-electron chi connectivity index (χ0n) is 13.7. The molecule has 0 radical (unpaired) electrons. The van der Waals surface area contributed by atoms with E-state index in [2.05, 4.69) is 10.5 Å². The summed E-state index contributed by atoms with van der Waals surface area (Å²) in [6.45, 7) is 4.32. The lowest BCUT2D eigenvalue weighted by atomic mass is 10.1. The zero-order valence-corrected chi connectivity index (χ0v) is 14.5. The molecule has 0 saturated heterocycles. The van der Waals surface area contributed by atoms with Crippen molar-refractivity contribution in [2.45, 2.75) is 38.1 Å². The Balaban J connectivity index is 2.32. The average Bonchev–Trinajstić information content (AvgIpc) is 2.93. The van der Waals surface area contributed by atoms with Crippen molar-refractivity contribution in [2.24, 2.45) is 0 Å². The standard InChI is InChI=1S/C15H19N3O5S/c1-4-12-11(14(5-2)23-17-12)9-16-10-6-7-13(18(19)20)15(8-10)24(3,21)22/h6-8,16H,4-5,9H2,1-3H3. The number of nitrogens with one attached hydrogen (secondary N) is 1. The monoisotopic (exact) mass is 353 g/mol. The van der Waals surface area contributed by atoms with Crippen LogP contribution in [0.3, 0.4) is 0 Å². The highest BCUT2D eigenvalue weighted by atomic mass is 32.2. The van der Waals surface area contributed by atoms with Gasteiger partial charge in [-0.3, -0.25) is 10.1 Å². The third-order valence-electron chi connectivity index (χ3n) is 3.63. The van der Waals surface area contributed by atoms with Gasteiger partial charge in [0, 0.05) is 36.5 Å². The number of anilines is 1. The minimum Gasteiger partial charge on any atom is -0.381 e. The molecule has 8 nitrogen and oxygen atoms in total. The van der Waals surface area contributed by atoms with Gasteiger partial charge in [0.15, 0.2) is 9.84 Å². The van der Waals surface area contributed by atoms with E-state index >= 15 is 0 Å². The van der Waals surface area contributed by atoms with E-state index in [0.717, 1.165) is 29.7 Å². The van der Waals surface area contributed by atoms with Gasteiger partial charge in [-0.15, -0.1) is 0 Å². The van der Waals surface area contributed by atoms with Gasteiger partial charge in [0.05, 0.1) is 10.6 Å². The molecule has 0 aliphatic heterocycles. The SMILES string of the molecule is CCc1noc(CC)c1CNc1ccc([N+](=O)[O-])c(S(C)(=O)=O)c1. The van der Waals surface area contributed by atoms with Crippen molar-refractivity contribution in [2.75, 3.05) is 11.6 Å². The van der Waals surface area contributed by atoms with Crippen molar-refractivity contribution >= 4 is 21.2 Å². The fourth-order valence-electron chi connectivity index (χ4n) is 2.40. The van der Waals surface area contributed by atoms with Gasteiger partial charge in [-0.1, -0.05) is 19.0 Å². The highest BCUT2D eigenvalue weighted by molar-refractivity contribution is 7.90. The summed E-state index contributed by atoms with van der Waals surface area (Å²) in [5.41, 5.74) is 1.81. The number of rotatable bonds is 7. The van der Waals surface area contributed by atoms with Crippen molar-refractivity contribution in [1.82, 2.24) is 5.16 Å². The normalized spacial score (nSPS) is 11.5. The molecule has 2 aromatic rings. The van der Waals surface area contributed by atoms with E-state index in [1.165, 1.54) is 18.2 Å². The fraction of sp³-hybridized carbons (Fsp3) is 0.400. The third kappa shape index (κ3) is 3.73. The molecule has 130 valence electrons. The van der Waals surface area contributed by atoms with Crippen LogP contribution in [0, 0.1) is 10.1 Å².